The minimum absolute atomic E-state index is 0.307. The first-order valence-corrected chi connectivity index (χ1v) is 7.17. The van der Waals surface area contributed by atoms with Gasteiger partial charge < -0.3 is 9.47 Å². The molecule has 0 unspecified atom stereocenters. The molecular formula is C13H15Br2FO2. The molecule has 0 bridgehead atoms. The molecule has 1 aromatic rings. The standard InChI is InChI=1S/C13H15Br2FO2/c1-3-4-9-7-10(18-6-5-12(14)15)8-11(16)13(9)17-2/h5,7-8H,3-4,6H2,1-2H3. The largest absolute Gasteiger partial charge is 0.493 e. The Morgan fingerprint density at radius 1 is 1.39 bits per heavy atom. The van der Waals surface area contributed by atoms with Crippen LogP contribution >= 0.6 is 31.9 Å². The lowest BCUT2D eigenvalue weighted by Gasteiger charge is -2.11. The third-order valence-electron chi connectivity index (χ3n) is 2.31. The van der Waals surface area contributed by atoms with Crippen LogP contribution < -0.4 is 9.47 Å². The average molecular weight is 382 g/mol. The van der Waals surface area contributed by atoms with Crippen molar-refractivity contribution in [3.63, 3.8) is 0 Å². The zero-order chi connectivity index (χ0) is 13.5. The van der Waals surface area contributed by atoms with E-state index in [1.165, 1.54) is 13.2 Å². The number of ether oxygens (including phenoxy) is 2. The van der Waals surface area contributed by atoms with Crippen LogP contribution in [0.2, 0.25) is 0 Å². The Morgan fingerprint density at radius 2 is 2.11 bits per heavy atom. The van der Waals surface area contributed by atoms with Crippen molar-refractivity contribution in [1.29, 1.82) is 0 Å². The average Bonchev–Trinajstić information content (AvgIpc) is 2.28. The molecule has 100 valence electrons. The molecule has 0 aromatic heterocycles. The first-order valence-electron chi connectivity index (χ1n) is 5.58. The van der Waals surface area contributed by atoms with Gasteiger partial charge in [0.15, 0.2) is 11.6 Å². The van der Waals surface area contributed by atoms with Gasteiger partial charge in [0, 0.05) is 11.6 Å². The van der Waals surface area contributed by atoms with Crippen molar-refractivity contribution in [3.8, 4) is 11.5 Å². The minimum Gasteiger partial charge on any atom is -0.493 e. The monoisotopic (exact) mass is 380 g/mol. The summed E-state index contributed by atoms with van der Waals surface area (Å²) in [6.07, 6.45) is 3.48. The highest BCUT2D eigenvalue weighted by molar-refractivity contribution is 9.28. The second-order valence-corrected chi connectivity index (χ2v) is 6.43. The van der Waals surface area contributed by atoms with Crippen molar-refractivity contribution in [2.24, 2.45) is 0 Å². The SMILES string of the molecule is CCCc1cc(OCC=C(Br)Br)cc(F)c1OC. The van der Waals surface area contributed by atoms with Crippen molar-refractivity contribution in [1.82, 2.24) is 0 Å². The third kappa shape index (κ3) is 4.61. The summed E-state index contributed by atoms with van der Waals surface area (Å²) in [6, 6.07) is 3.16. The molecule has 0 aliphatic carbocycles. The molecule has 1 rings (SSSR count). The molecule has 0 saturated heterocycles. The van der Waals surface area contributed by atoms with Crippen LogP contribution in [-0.4, -0.2) is 13.7 Å². The summed E-state index contributed by atoms with van der Waals surface area (Å²) in [5, 5.41) is 0. The van der Waals surface area contributed by atoms with E-state index in [0.29, 0.717) is 18.1 Å². The molecule has 2 nitrogen and oxygen atoms in total. The molecule has 0 aliphatic heterocycles. The van der Waals surface area contributed by atoms with Gasteiger partial charge in [0.25, 0.3) is 0 Å². The van der Waals surface area contributed by atoms with Gasteiger partial charge in [-0.2, -0.15) is 0 Å². The number of hydrogen-bond donors (Lipinski definition) is 0. The first kappa shape index (κ1) is 15.5. The van der Waals surface area contributed by atoms with Crippen molar-refractivity contribution in [3.05, 3.63) is 33.0 Å². The summed E-state index contributed by atoms with van der Waals surface area (Å²) in [6.45, 7) is 2.40. The smallest absolute Gasteiger partial charge is 0.169 e. The molecule has 0 N–H and O–H groups in total. The Morgan fingerprint density at radius 3 is 2.67 bits per heavy atom. The maximum atomic E-state index is 13.8. The zero-order valence-electron chi connectivity index (χ0n) is 10.3. The van der Waals surface area contributed by atoms with Crippen LogP contribution in [0.1, 0.15) is 18.9 Å². The van der Waals surface area contributed by atoms with E-state index in [2.05, 4.69) is 31.9 Å². The second kappa shape index (κ2) is 7.79. The predicted octanol–water partition coefficient (Wildman–Crippen LogP) is 4.80. The lowest BCUT2D eigenvalue weighted by Crippen LogP contribution is -1.99. The van der Waals surface area contributed by atoms with E-state index in [1.807, 2.05) is 13.0 Å². The van der Waals surface area contributed by atoms with Crippen LogP contribution in [0.3, 0.4) is 0 Å². The van der Waals surface area contributed by atoms with Crippen LogP contribution in [0.25, 0.3) is 0 Å². The Bertz CT molecular complexity index is 429. The molecule has 0 aliphatic rings. The molecule has 1 aromatic carbocycles. The Kier molecular flexibility index (Phi) is 6.71. The van der Waals surface area contributed by atoms with Crippen molar-refractivity contribution < 1.29 is 13.9 Å². The van der Waals surface area contributed by atoms with Crippen LogP contribution in [0, 0.1) is 5.82 Å². The van der Waals surface area contributed by atoms with Crippen LogP contribution in [0.4, 0.5) is 4.39 Å². The molecule has 0 fully saturated rings. The van der Waals surface area contributed by atoms with Gasteiger partial charge in [-0.25, -0.2) is 4.39 Å². The van der Waals surface area contributed by atoms with Gasteiger partial charge in [-0.15, -0.1) is 0 Å². The molecule has 0 heterocycles. The number of hydrogen-bond acceptors (Lipinski definition) is 2. The number of rotatable bonds is 6. The maximum Gasteiger partial charge on any atom is 0.169 e. The van der Waals surface area contributed by atoms with E-state index in [4.69, 9.17) is 9.47 Å². The van der Waals surface area contributed by atoms with Crippen molar-refractivity contribution >= 4 is 31.9 Å². The van der Waals surface area contributed by atoms with Gasteiger partial charge in [-0.3, -0.25) is 0 Å². The fraction of sp³-hybridized carbons (Fsp3) is 0.385. The molecule has 0 radical (unpaired) electrons. The normalized spacial score (nSPS) is 10.1. The maximum absolute atomic E-state index is 13.8. The third-order valence-corrected chi connectivity index (χ3v) is 2.95. The highest BCUT2D eigenvalue weighted by atomic mass is 79.9. The molecule has 0 atom stereocenters. The minimum atomic E-state index is -0.389. The van der Waals surface area contributed by atoms with E-state index < -0.39 is 0 Å². The zero-order valence-corrected chi connectivity index (χ0v) is 13.5. The van der Waals surface area contributed by atoms with Crippen molar-refractivity contribution in [2.45, 2.75) is 19.8 Å². The second-order valence-electron chi connectivity index (χ2n) is 3.65. The van der Waals surface area contributed by atoms with Crippen molar-refractivity contribution in [2.75, 3.05) is 13.7 Å². The number of aryl methyl sites for hydroxylation is 1. The van der Waals surface area contributed by atoms with Gasteiger partial charge in [-0.05, 0) is 50.4 Å². The van der Waals surface area contributed by atoms with E-state index in [0.717, 1.165) is 21.8 Å². The van der Waals surface area contributed by atoms with Crippen LogP contribution in [0.15, 0.2) is 21.6 Å². The fourth-order valence-corrected chi connectivity index (χ4v) is 1.85. The molecular weight excluding hydrogens is 367 g/mol. The lowest BCUT2D eigenvalue weighted by atomic mass is 10.1. The summed E-state index contributed by atoms with van der Waals surface area (Å²) in [5.74, 6) is 0.427. The first-order chi connectivity index (χ1) is 8.58. The quantitative estimate of drug-likeness (QED) is 0.704. The van der Waals surface area contributed by atoms with Crippen LogP contribution in [-0.2, 0) is 6.42 Å². The Balaban J connectivity index is 2.90. The molecule has 0 spiro atoms. The van der Waals surface area contributed by atoms with E-state index >= 15 is 0 Å². The van der Waals surface area contributed by atoms with Gasteiger partial charge >= 0.3 is 0 Å². The Labute approximate surface area is 123 Å². The number of methoxy groups -OCH3 is 1. The number of halogens is 3. The lowest BCUT2D eigenvalue weighted by molar-refractivity contribution is 0.350. The summed E-state index contributed by atoms with van der Waals surface area (Å²) >= 11 is 6.46. The fourth-order valence-electron chi connectivity index (χ4n) is 1.59. The molecule has 18 heavy (non-hydrogen) atoms. The highest BCUT2D eigenvalue weighted by Crippen LogP contribution is 2.29. The van der Waals surface area contributed by atoms with Gasteiger partial charge in [0.05, 0.1) is 10.5 Å². The summed E-state index contributed by atoms with van der Waals surface area (Å²) in [5.41, 5.74) is 0.830. The van der Waals surface area contributed by atoms with Gasteiger partial charge in [0.2, 0.25) is 0 Å². The van der Waals surface area contributed by atoms with Crippen LogP contribution in [0.5, 0.6) is 11.5 Å². The predicted molar refractivity (Wildman–Crippen MR) is 78.4 cm³/mol. The Hall–Kier alpha value is -0.550. The number of benzene rings is 1. The van der Waals surface area contributed by atoms with Gasteiger partial charge in [-0.1, -0.05) is 13.3 Å². The van der Waals surface area contributed by atoms with E-state index in [-0.39, 0.29) is 5.82 Å². The highest BCUT2D eigenvalue weighted by Gasteiger charge is 2.11. The van der Waals surface area contributed by atoms with E-state index in [1.54, 1.807) is 6.08 Å². The summed E-state index contributed by atoms with van der Waals surface area (Å²) in [4.78, 5) is 0. The molecule has 0 saturated carbocycles. The van der Waals surface area contributed by atoms with E-state index in [9.17, 15) is 4.39 Å². The molecule has 0 amide bonds. The molecule has 5 heteroatoms. The van der Waals surface area contributed by atoms with Gasteiger partial charge in [0.1, 0.15) is 12.4 Å². The topological polar surface area (TPSA) is 18.5 Å². The summed E-state index contributed by atoms with van der Waals surface area (Å²) < 4.78 is 25.1. The summed E-state index contributed by atoms with van der Waals surface area (Å²) in [7, 11) is 1.47.